The average Bonchev–Trinajstić information content (AvgIpc) is 2.47. The Kier molecular flexibility index (Phi) is 1.96. The normalized spacial score (nSPS) is 12.3. The van der Waals surface area contributed by atoms with Crippen LogP contribution in [0.2, 0.25) is 5.02 Å². The molecule has 1 radical (unpaired) electrons. The summed E-state index contributed by atoms with van der Waals surface area (Å²) in [5.41, 5.74) is -0.577. The van der Waals surface area contributed by atoms with E-state index in [0.29, 0.717) is 5.58 Å². The van der Waals surface area contributed by atoms with Gasteiger partial charge < -0.3 is 4.42 Å². The number of rotatable bonds is 0. The Morgan fingerprint density at radius 3 is 2.64 bits per heavy atom. The van der Waals surface area contributed by atoms with Crippen LogP contribution in [0.25, 0.3) is 11.0 Å². The lowest BCUT2D eigenvalue weighted by Gasteiger charge is -2.07. The zero-order chi connectivity index (χ0) is 10.3. The van der Waals surface area contributed by atoms with Crippen molar-refractivity contribution in [3.8, 4) is 0 Å². The Bertz CT molecular complexity index is 472. The van der Waals surface area contributed by atoms with Crippen LogP contribution < -0.4 is 0 Å². The van der Waals surface area contributed by atoms with Crippen molar-refractivity contribution in [1.29, 1.82) is 0 Å². The summed E-state index contributed by atoms with van der Waals surface area (Å²) in [6.07, 6.45) is -3.25. The molecular formula is C9H3ClF3O. The summed E-state index contributed by atoms with van der Waals surface area (Å²) in [6.45, 7) is 0. The lowest BCUT2D eigenvalue weighted by molar-refractivity contribution is -0.137. The fraction of sp³-hybridized carbons (Fsp3) is 0.111. The molecule has 1 aromatic heterocycles. The highest BCUT2D eigenvalue weighted by molar-refractivity contribution is 6.32. The van der Waals surface area contributed by atoms with E-state index in [2.05, 4.69) is 6.07 Å². The van der Waals surface area contributed by atoms with Crippen LogP contribution in [0, 0.1) is 6.07 Å². The molecule has 0 fully saturated rings. The second kappa shape index (κ2) is 2.92. The third kappa shape index (κ3) is 1.46. The molecule has 73 valence electrons. The van der Waals surface area contributed by atoms with Crippen LogP contribution in [-0.4, -0.2) is 0 Å². The first kappa shape index (κ1) is 9.40. The first-order valence-corrected chi connectivity index (χ1v) is 4.02. The van der Waals surface area contributed by atoms with Gasteiger partial charge in [0.1, 0.15) is 5.58 Å². The summed E-state index contributed by atoms with van der Waals surface area (Å²) in [5, 5.41) is -0.102. The van der Waals surface area contributed by atoms with Crippen molar-refractivity contribution in [3.05, 3.63) is 35.0 Å². The van der Waals surface area contributed by atoms with E-state index < -0.39 is 11.7 Å². The molecule has 0 amide bonds. The maximum absolute atomic E-state index is 12.4. The fourth-order valence-corrected chi connectivity index (χ4v) is 1.40. The maximum atomic E-state index is 12.4. The highest BCUT2D eigenvalue weighted by Crippen LogP contribution is 2.37. The minimum absolute atomic E-state index is 0.265. The largest absolute Gasteiger partial charge is 0.464 e. The van der Waals surface area contributed by atoms with Gasteiger partial charge in [-0.1, -0.05) is 11.6 Å². The molecule has 5 heteroatoms. The predicted octanol–water partition coefficient (Wildman–Crippen LogP) is 3.91. The summed E-state index contributed by atoms with van der Waals surface area (Å²) in [7, 11) is 0. The van der Waals surface area contributed by atoms with E-state index in [1.165, 1.54) is 6.26 Å². The number of fused-ring (bicyclic) bond motifs is 1. The number of hydrogen-bond acceptors (Lipinski definition) is 1. The van der Waals surface area contributed by atoms with Gasteiger partial charge in [0, 0.05) is 17.5 Å². The molecule has 0 atom stereocenters. The van der Waals surface area contributed by atoms with Gasteiger partial charge >= 0.3 is 6.18 Å². The van der Waals surface area contributed by atoms with Crippen LogP contribution in [0.15, 0.2) is 22.8 Å². The van der Waals surface area contributed by atoms with Gasteiger partial charge in [-0.05, 0) is 6.07 Å². The van der Waals surface area contributed by atoms with E-state index in [1.807, 2.05) is 0 Å². The second-order valence-electron chi connectivity index (χ2n) is 2.71. The Morgan fingerprint density at radius 2 is 2.00 bits per heavy atom. The van der Waals surface area contributed by atoms with Crippen LogP contribution in [0.3, 0.4) is 0 Å². The van der Waals surface area contributed by atoms with Gasteiger partial charge in [0.25, 0.3) is 0 Å². The van der Waals surface area contributed by atoms with Crippen molar-refractivity contribution < 1.29 is 17.6 Å². The molecule has 0 saturated heterocycles. The van der Waals surface area contributed by atoms with Crippen LogP contribution in [0.1, 0.15) is 5.56 Å². The van der Waals surface area contributed by atoms with Gasteiger partial charge in [-0.2, -0.15) is 13.2 Å². The van der Waals surface area contributed by atoms with E-state index in [4.69, 9.17) is 16.0 Å². The molecular weight excluding hydrogens is 217 g/mol. The van der Waals surface area contributed by atoms with Crippen molar-refractivity contribution in [2.45, 2.75) is 6.18 Å². The van der Waals surface area contributed by atoms with Gasteiger partial charge in [0.2, 0.25) is 0 Å². The summed E-state index contributed by atoms with van der Waals surface area (Å²) in [4.78, 5) is 0. The van der Waals surface area contributed by atoms with E-state index >= 15 is 0 Å². The Morgan fingerprint density at radius 1 is 1.29 bits per heavy atom. The maximum Gasteiger partial charge on any atom is 0.417 e. The molecule has 2 rings (SSSR count). The summed E-state index contributed by atoms with van der Waals surface area (Å²) in [6, 6.07) is 4.59. The smallest absolute Gasteiger partial charge is 0.417 e. The first-order valence-electron chi connectivity index (χ1n) is 3.64. The molecule has 1 heterocycles. The molecule has 14 heavy (non-hydrogen) atoms. The summed E-state index contributed by atoms with van der Waals surface area (Å²) >= 11 is 5.45. The van der Waals surface area contributed by atoms with Gasteiger partial charge in [-0.25, -0.2) is 0 Å². The standard InChI is InChI=1S/C9H3ClF3O/c10-7-4-8-5(1-2-14-8)3-6(7)9(11,12)13/h2-4H. The zero-order valence-corrected chi connectivity index (χ0v) is 7.41. The minimum atomic E-state index is -4.45. The molecule has 1 nitrogen and oxygen atoms in total. The minimum Gasteiger partial charge on any atom is -0.464 e. The number of furan rings is 1. The van der Waals surface area contributed by atoms with Crippen LogP contribution in [-0.2, 0) is 6.18 Å². The number of alkyl halides is 3. The van der Waals surface area contributed by atoms with E-state index in [9.17, 15) is 13.2 Å². The average molecular weight is 220 g/mol. The Balaban J connectivity index is 2.71. The zero-order valence-electron chi connectivity index (χ0n) is 6.65. The lowest BCUT2D eigenvalue weighted by atomic mass is 10.1. The first-order chi connectivity index (χ1) is 6.48. The topological polar surface area (TPSA) is 13.1 Å². The van der Waals surface area contributed by atoms with Crippen molar-refractivity contribution in [2.75, 3.05) is 0 Å². The van der Waals surface area contributed by atoms with Gasteiger partial charge in [-0.15, -0.1) is 0 Å². The lowest BCUT2D eigenvalue weighted by Crippen LogP contribution is -2.05. The fourth-order valence-electron chi connectivity index (χ4n) is 1.14. The SMILES string of the molecule is FC(F)(F)c1cc2[c]coc2cc1Cl. The van der Waals surface area contributed by atoms with E-state index in [1.54, 1.807) is 0 Å². The highest BCUT2D eigenvalue weighted by Gasteiger charge is 2.33. The Labute approximate surface area is 82.1 Å². The van der Waals surface area contributed by atoms with Gasteiger partial charge in [0.05, 0.1) is 16.8 Å². The predicted molar refractivity (Wildman–Crippen MR) is 45.1 cm³/mol. The van der Waals surface area contributed by atoms with Crippen molar-refractivity contribution >= 4 is 22.6 Å². The van der Waals surface area contributed by atoms with E-state index in [0.717, 1.165) is 12.1 Å². The third-order valence-corrected chi connectivity index (χ3v) is 2.09. The van der Waals surface area contributed by atoms with Gasteiger partial charge in [0.15, 0.2) is 0 Å². The van der Waals surface area contributed by atoms with Crippen molar-refractivity contribution in [2.24, 2.45) is 0 Å². The second-order valence-corrected chi connectivity index (χ2v) is 3.11. The highest BCUT2D eigenvalue weighted by atomic mass is 35.5. The molecule has 2 aromatic rings. The molecule has 1 aromatic carbocycles. The molecule has 0 unspecified atom stereocenters. The van der Waals surface area contributed by atoms with Crippen molar-refractivity contribution in [1.82, 2.24) is 0 Å². The van der Waals surface area contributed by atoms with Crippen LogP contribution >= 0.6 is 11.6 Å². The molecule has 0 saturated carbocycles. The van der Waals surface area contributed by atoms with E-state index in [-0.39, 0.29) is 10.4 Å². The summed E-state index contributed by atoms with van der Waals surface area (Å²) < 4.78 is 41.9. The number of benzene rings is 1. The third-order valence-electron chi connectivity index (χ3n) is 1.77. The van der Waals surface area contributed by atoms with Crippen LogP contribution in [0.4, 0.5) is 13.2 Å². The summed E-state index contributed by atoms with van der Waals surface area (Å²) in [5.74, 6) is 0. The molecule has 0 aliphatic carbocycles. The van der Waals surface area contributed by atoms with Gasteiger partial charge in [-0.3, -0.25) is 0 Å². The number of halogens is 4. The molecule has 0 bridgehead atoms. The molecule has 0 aliphatic heterocycles. The Hall–Kier alpha value is -1.16. The quantitative estimate of drug-likeness (QED) is 0.655. The molecule has 0 aliphatic rings. The number of hydrogen-bond donors (Lipinski definition) is 0. The van der Waals surface area contributed by atoms with Crippen LogP contribution in [0.5, 0.6) is 0 Å². The van der Waals surface area contributed by atoms with Crippen molar-refractivity contribution in [3.63, 3.8) is 0 Å². The molecule has 0 N–H and O–H groups in total. The monoisotopic (exact) mass is 219 g/mol. The molecule has 0 spiro atoms.